The van der Waals surface area contributed by atoms with Crippen LogP contribution in [0.3, 0.4) is 0 Å². The fourth-order valence-electron chi connectivity index (χ4n) is 2.23. The summed E-state index contributed by atoms with van der Waals surface area (Å²) in [4.78, 5) is 0. The van der Waals surface area contributed by atoms with Gasteiger partial charge in [-0.1, -0.05) is 58.0 Å². The lowest BCUT2D eigenvalue weighted by Gasteiger charge is -2.16. The monoisotopic (exact) mass is 344 g/mol. The van der Waals surface area contributed by atoms with Crippen molar-refractivity contribution < 1.29 is 14.2 Å². The average Bonchev–Trinajstić information content (AvgIpc) is 2.67. The predicted molar refractivity (Wildman–Crippen MR) is 104 cm³/mol. The first-order chi connectivity index (χ1) is 12.2. The molecular weight excluding hydrogens is 312 g/mol. The first-order valence-corrected chi connectivity index (χ1v) is 9.25. The average molecular weight is 344 g/mol. The quantitative estimate of drug-likeness (QED) is 0.409. The van der Waals surface area contributed by atoms with Crippen LogP contribution in [0.1, 0.15) is 52.5 Å². The van der Waals surface area contributed by atoms with Crippen LogP contribution in [0.5, 0.6) is 11.5 Å². The van der Waals surface area contributed by atoms with Crippen molar-refractivity contribution in [3.63, 3.8) is 0 Å². The van der Waals surface area contributed by atoms with Crippen LogP contribution < -0.4 is 9.47 Å². The predicted octanol–water partition coefficient (Wildman–Crippen LogP) is 6.05. The number of ether oxygens (including phenoxy) is 3. The largest absolute Gasteiger partial charge is 0.491 e. The maximum atomic E-state index is 5.76. The Labute approximate surface area is 152 Å². The van der Waals surface area contributed by atoms with E-state index in [1.54, 1.807) is 0 Å². The van der Waals surface area contributed by atoms with E-state index in [1.807, 2.05) is 63.2 Å². The van der Waals surface area contributed by atoms with Gasteiger partial charge < -0.3 is 14.2 Å². The van der Waals surface area contributed by atoms with Gasteiger partial charge in [-0.2, -0.15) is 0 Å². The normalized spacial score (nSPS) is 12.5. The van der Waals surface area contributed by atoms with Crippen molar-refractivity contribution >= 4 is 0 Å². The number of hydrogen-bond donors (Lipinski definition) is 0. The molecule has 25 heavy (non-hydrogen) atoms. The summed E-state index contributed by atoms with van der Waals surface area (Å²) in [6.07, 6.45) is 0.838. The maximum Gasteiger partial charge on any atom is 0.197 e. The number of benzene rings is 2. The van der Waals surface area contributed by atoms with Crippen LogP contribution in [-0.2, 0) is 4.74 Å². The van der Waals surface area contributed by atoms with E-state index in [4.69, 9.17) is 14.2 Å². The molecule has 0 N–H and O–H groups in total. The highest BCUT2D eigenvalue weighted by Crippen LogP contribution is 2.22. The summed E-state index contributed by atoms with van der Waals surface area (Å²) in [5.74, 6) is 2.26. The molecule has 138 valence electrons. The van der Waals surface area contributed by atoms with E-state index in [1.165, 1.54) is 5.56 Å². The molecule has 0 fully saturated rings. The molecule has 2 atom stereocenters. The molecule has 0 saturated heterocycles. The molecule has 0 amide bonds. The lowest BCUT2D eigenvalue weighted by atomic mass is 9.99. The molecule has 3 nitrogen and oxygen atoms in total. The van der Waals surface area contributed by atoms with Crippen molar-refractivity contribution in [3.05, 3.63) is 60.2 Å². The lowest BCUT2D eigenvalue weighted by Crippen LogP contribution is -2.19. The SMILES string of the molecule is CC.CCC(C)c1ccc(OC(C)OCCOc2ccccc2)cc1. The third-order valence-electron chi connectivity index (χ3n) is 3.81. The molecule has 0 saturated carbocycles. The fourth-order valence-corrected chi connectivity index (χ4v) is 2.23. The molecule has 0 heterocycles. The molecule has 0 aliphatic rings. The smallest absolute Gasteiger partial charge is 0.197 e. The van der Waals surface area contributed by atoms with E-state index in [-0.39, 0.29) is 6.29 Å². The Balaban J connectivity index is 0.00000151. The Kier molecular flexibility index (Phi) is 10.4. The van der Waals surface area contributed by atoms with Crippen molar-refractivity contribution in [2.45, 2.75) is 53.2 Å². The van der Waals surface area contributed by atoms with Crippen LogP contribution in [0.25, 0.3) is 0 Å². The molecule has 2 unspecified atom stereocenters. The Morgan fingerprint density at radius 3 is 2.04 bits per heavy atom. The molecule has 0 radical (unpaired) electrons. The Hall–Kier alpha value is -2.00. The first-order valence-electron chi connectivity index (χ1n) is 9.25. The molecule has 2 aromatic carbocycles. The van der Waals surface area contributed by atoms with Gasteiger partial charge in [0.2, 0.25) is 0 Å². The standard InChI is InChI=1S/C20H26O3.C2H6/c1-4-16(2)18-10-12-20(13-11-18)23-17(3)21-14-15-22-19-8-6-5-7-9-19;1-2/h5-13,16-17H,4,14-15H2,1-3H3;1-2H3. The molecule has 0 aliphatic heterocycles. The van der Waals surface area contributed by atoms with E-state index in [9.17, 15) is 0 Å². The van der Waals surface area contributed by atoms with Gasteiger partial charge in [-0.15, -0.1) is 0 Å². The van der Waals surface area contributed by atoms with Crippen molar-refractivity contribution in [3.8, 4) is 11.5 Å². The summed E-state index contributed by atoms with van der Waals surface area (Å²) in [6.45, 7) is 11.3. The molecule has 2 aromatic rings. The molecule has 2 rings (SSSR count). The van der Waals surface area contributed by atoms with Crippen LogP contribution in [0, 0.1) is 0 Å². The molecule has 0 spiro atoms. The van der Waals surface area contributed by atoms with Crippen LogP contribution in [0.15, 0.2) is 54.6 Å². The van der Waals surface area contributed by atoms with Crippen molar-refractivity contribution in [2.24, 2.45) is 0 Å². The fraction of sp³-hybridized carbons (Fsp3) is 0.455. The van der Waals surface area contributed by atoms with E-state index in [2.05, 4.69) is 26.0 Å². The van der Waals surface area contributed by atoms with Gasteiger partial charge in [0, 0.05) is 0 Å². The lowest BCUT2D eigenvalue weighted by molar-refractivity contribution is -0.0739. The van der Waals surface area contributed by atoms with E-state index >= 15 is 0 Å². The highest BCUT2D eigenvalue weighted by molar-refractivity contribution is 5.29. The minimum Gasteiger partial charge on any atom is -0.491 e. The van der Waals surface area contributed by atoms with E-state index in [0.717, 1.165) is 17.9 Å². The van der Waals surface area contributed by atoms with Crippen LogP contribution in [-0.4, -0.2) is 19.5 Å². The molecule has 3 heteroatoms. The Morgan fingerprint density at radius 1 is 0.800 bits per heavy atom. The van der Waals surface area contributed by atoms with Gasteiger partial charge in [-0.05, 0) is 49.1 Å². The van der Waals surface area contributed by atoms with Gasteiger partial charge >= 0.3 is 0 Å². The second kappa shape index (κ2) is 12.4. The third-order valence-corrected chi connectivity index (χ3v) is 3.81. The second-order valence-electron chi connectivity index (χ2n) is 5.60. The highest BCUT2D eigenvalue weighted by Gasteiger charge is 2.06. The van der Waals surface area contributed by atoms with Gasteiger partial charge in [0.05, 0.1) is 6.61 Å². The molecule has 0 bridgehead atoms. The third kappa shape index (κ3) is 8.08. The summed E-state index contributed by atoms with van der Waals surface area (Å²) in [7, 11) is 0. The van der Waals surface area contributed by atoms with E-state index in [0.29, 0.717) is 19.1 Å². The zero-order valence-corrected chi connectivity index (χ0v) is 16.2. The zero-order chi connectivity index (χ0) is 18.5. The van der Waals surface area contributed by atoms with Crippen molar-refractivity contribution in [1.29, 1.82) is 0 Å². The molecule has 0 aliphatic carbocycles. The van der Waals surface area contributed by atoms with Gasteiger partial charge in [0.15, 0.2) is 6.29 Å². The summed E-state index contributed by atoms with van der Waals surface area (Å²) in [6, 6.07) is 18.0. The van der Waals surface area contributed by atoms with Gasteiger partial charge in [0.1, 0.15) is 18.1 Å². The molecule has 0 aromatic heterocycles. The Bertz CT molecular complexity index is 551. The highest BCUT2D eigenvalue weighted by atomic mass is 16.7. The summed E-state index contributed by atoms with van der Waals surface area (Å²) in [5, 5.41) is 0. The second-order valence-corrected chi connectivity index (χ2v) is 5.60. The van der Waals surface area contributed by atoms with Crippen molar-refractivity contribution in [1.82, 2.24) is 0 Å². The van der Waals surface area contributed by atoms with Crippen LogP contribution in [0.4, 0.5) is 0 Å². The topological polar surface area (TPSA) is 27.7 Å². The van der Waals surface area contributed by atoms with Crippen LogP contribution in [0.2, 0.25) is 0 Å². The van der Waals surface area contributed by atoms with Gasteiger partial charge in [-0.25, -0.2) is 0 Å². The van der Waals surface area contributed by atoms with Crippen LogP contribution >= 0.6 is 0 Å². The van der Waals surface area contributed by atoms with Crippen molar-refractivity contribution in [2.75, 3.05) is 13.2 Å². The summed E-state index contributed by atoms with van der Waals surface area (Å²) >= 11 is 0. The number of hydrogen-bond acceptors (Lipinski definition) is 3. The Morgan fingerprint density at radius 2 is 1.44 bits per heavy atom. The number of rotatable bonds is 9. The zero-order valence-electron chi connectivity index (χ0n) is 16.2. The maximum absolute atomic E-state index is 5.76. The van der Waals surface area contributed by atoms with Gasteiger partial charge in [-0.3, -0.25) is 0 Å². The molecular formula is C22H32O3. The minimum atomic E-state index is -0.302. The summed E-state index contributed by atoms with van der Waals surface area (Å²) in [5.41, 5.74) is 1.34. The number of para-hydroxylation sites is 1. The van der Waals surface area contributed by atoms with Gasteiger partial charge in [0.25, 0.3) is 0 Å². The minimum absolute atomic E-state index is 0.302. The summed E-state index contributed by atoms with van der Waals surface area (Å²) < 4.78 is 17.0. The van der Waals surface area contributed by atoms with E-state index < -0.39 is 0 Å². The first kappa shape index (κ1) is 21.0.